The van der Waals surface area contributed by atoms with Crippen LogP contribution in [0.3, 0.4) is 0 Å². The van der Waals surface area contributed by atoms with E-state index in [2.05, 4.69) is 101 Å². The topological polar surface area (TPSA) is 33.5 Å². The zero-order valence-corrected chi connectivity index (χ0v) is 20.8. The van der Waals surface area contributed by atoms with Crippen molar-refractivity contribution in [2.75, 3.05) is 9.91 Å². The van der Waals surface area contributed by atoms with Crippen molar-refractivity contribution in [2.45, 2.75) is 13.0 Å². The maximum absolute atomic E-state index is 4.67. The average molecular weight is 621 g/mol. The number of aromatic nitrogens is 1. The number of para-hydroxylation sites is 1. The van der Waals surface area contributed by atoms with E-state index in [4.69, 9.17) is 0 Å². The fourth-order valence-corrected chi connectivity index (χ4v) is 4.20. The zero-order chi connectivity index (χ0) is 22.2. The molecule has 0 spiro atoms. The molecule has 1 atom stereocenters. The second-order valence-electron chi connectivity index (χ2n) is 8.08. The summed E-state index contributed by atoms with van der Waals surface area (Å²) >= 11 is 0. The van der Waals surface area contributed by atoms with Gasteiger partial charge in [0.25, 0.3) is 0 Å². The summed E-state index contributed by atoms with van der Waals surface area (Å²) in [4.78, 5) is 6.75. The molecule has 0 fully saturated rings. The summed E-state index contributed by atoms with van der Waals surface area (Å²) < 4.78 is 0. The minimum absolute atomic E-state index is 0. The van der Waals surface area contributed by atoms with Crippen LogP contribution in [0.15, 0.2) is 91.3 Å². The van der Waals surface area contributed by atoms with Gasteiger partial charge in [0.15, 0.2) is 0 Å². The third-order valence-corrected chi connectivity index (χ3v) is 5.81. The van der Waals surface area contributed by atoms with Gasteiger partial charge in [0.05, 0.1) is 0 Å². The Labute approximate surface area is 214 Å². The first-order valence-corrected chi connectivity index (χ1v) is 11.0. The molecule has 6 rings (SSSR count). The van der Waals surface area contributed by atoms with E-state index in [0.29, 0.717) is 0 Å². The number of hydrogen-bond acceptors (Lipinski definition) is 3. The van der Waals surface area contributed by atoms with Crippen LogP contribution in [0.4, 0.5) is 22.7 Å². The van der Waals surface area contributed by atoms with Crippen molar-refractivity contribution < 1.29 is 21.1 Å². The summed E-state index contributed by atoms with van der Waals surface area (Å²) in [5, 5.41) is 1.90. The molecule has 0 saturated carbocycles. The van der Waals surface area contributed by atoms with Gasteiger partial charge < -0.3 is 20.3 Å². The van der Waals surface area contributed by atoms with Crippen LogP contribution in [-0.2, 0) is 21.1 Å². The van der Waals surface area contributed by atoms with Gasteiger partial charge in [-0.05, 0) is 35.3 Å². The molecule has 170 valence electrons. The number of rotatable bonds is 3. The Morgan fingerprint density at radius 2 is 1.68 bits per heavy atom. The Morgan fingerprint density at radius 1 is 0.824 bits per heavy atom. The van der Waals surface area contributed by atoms with Crippen LogP contribution in [0.1, 0.15) is 18.1 Å². The maximum Gasteiger partial charge on any atom is 0.0497 e. The van der Waals surface area contributed by atoms with Crippen LogP contribution in [0, 0.1) is 12.1 Å². The van der Waals surface area contributed by atoms with E-state index in [1.54, 1.807) is 0 Å². The molecule has 0 amide bonds. The van der Waals surface area contributed by atoms with Crippen LogP contribution in [-0.4, -0.2) is 11.0 Å². The molecule has 5 heteroatoms. The summed E-state index contributed by atoms with van der Waals surface area (Å²) in [6.45, 7) is 2.07. The Hall–Kier alpha value is -3.46. The van der Waals surface area contributed by atoms with E-state index in [-0.39, 0.29) is 27.1 Å². The molecule has 1 aromatic heterocycles. The van der Waals surface area contributed by atoms with Crippen LogP contribution >= 0.6 is 0 Å². The van der Waals surface area contributed by atoms with Crippen molar-refractivity contribution in [3.05, 3.63) is 120 Å². The molecule has 0 radical (unpaired) electrons. The predicted octanol–water partition coefficient (Wildman–Crippen LogP) is 7.31. The zero-order valence-electron chi connectivity index (χ0n) is 18.5. The monoisotopic (exact) mass is 620 g/mol. The van der Waals surface area contributed by atoms with Crippen molar-refractivity contribution in [2.24, 2.45) is 0 Å². The number of hydrogen-bond donors (Lipinski definition) is 0. The van der Waals surface area contributed by atoms with Crippen LogP contribution < -0.4 is 9.91 Å². The van der Waals surface area contributed by atoms with E-state index >= 15 is 0 Å². The molecule has 1 unspecified atom stereocenters. The third kappa shape index (κ3) is 4.11. The average Bonchev–Trinajstić information content (AvgIpc) is 3.23. The molecule has 0 bridgehead atoms. The van der Waals surface area contributed by atoms with Crippen LogP contribution in [0.25, 0.3) is 28.8 Å². The maximum atomic E-state index is 4.67. The molecule has 0 aliphatic carbocycles. The predicted molar refractivity (Wildman–Crippen MR) is 135 cm³/mol. The van der Waals surface area contributed by atoms with Crippen molar-refractivity contribution in [3.63, 3.8) is 0 Å². The normalized spacial score (nSPS) is 16.0. The van der Waals surface area contributed by atoms with Gasteiger partial charge in [0.2, 0.25) is 0 Å². The molecule has 2 aliphatic heterocycles. The van der Waals surface area contributed by atoms with Crippen molar-refractivity contribution >= 4 is 34.9 Å². The number of pyridine rings is 1. The molecule has 0 N–H and O–H groups in total. The first-order valence-electron chi connectivity index (χ1n) is 11.0. The molecule has 34 heavy (non-hydrogen) atoms. The largest absolute Gasteiger partial charge is 0.559 e. The van der Waals surface area contributed by atoms with E-state index in [1.165, 1.54) is 0 Å². The molecular weight excluding hydrogens is 599 g/mol. The third-order valence-electron chi connectivity index (χ3n) is 5.81. The van der Waals surface area contributed by atoms with Gasteiger partial charge in [-0.3, -0.25) is 0 Å². The van der Waals surface area contributed by atoms with Crippen LogP contribution in [0.2, 0.25) is 0 Å². The summed E-state index contributed by atoms with van der Waals surface area (Å²) in [6.07, 6.45) is 10.2. The molecule has 4 nitrogen and oxygen atoms in total. The van der Waals surface area contributed by atoms with Crippen molar-refractivity contribution in [3.8, 4) is 11.3 Å². The SMILES string of the molecule is CC1C=CN(c2[c-]c3c(cc2)C=Cc2ccccc2N3c2[c-]c(-c3ccccn3)ccc2)[N-]1.[Pt]. The Balaban J connectivity index is 0.00000241. The summed E-state index contributed by atoms with van der Waals surface area (Å²) in [5.41, 5.74) is 12.6. The van der Waals surface area contributed by atoms with Gasteiger partial charge in [-0.2, -0.15) is 6.07 Å². The Kier molecular flexibility index (Phi) is 6.19. The first kappa shape index (κ1) is 22.3. The molecule has 3 aromatic carbocycles. The van der Waals surface area contributed by atoms with E-state index in [1.807, 2.05) is 41.7 Å². The number of anilines is 4. The van der Waals surface area contributed by atoms with Crippen molar-refractivity contribution in [1.29, 1.82) is 0 Å². The number of nitrogens with zero attached hydrogens (tertiary/aromatic N) is 4. The van der Waals surface area contributed by atoms with Gasteiger partial charge in [-0.15, -0.1) is 59.6 Å². The quantitative estimate of drug-likeness (QED) is 0.199. The molecular formula is C29H21N4Pt-3. The fourth-order valence-electron chi connectivity index (χ4n) is 4.20. The fraction of sp³-hybridized carbons (Fsp3) is 0.0690. The van der Waals surface area contributed by atoms with Gasteiger partial charge >= 0.3 is 0 Å². The van der Waals surface area contributed by atoms with Crippen molar-refractivity contribution in [1.82, 2.24) is 4.98 Å². The summed E-state index contributed by atoms with van der Waals surface area (Å²) in [6, 6.07) is 32.1. The number of benzene rings is 3. The smallest absolute Gasteiger partial charge is 0.0497 e. The number of fused-ring (bicyclic) bond motifs is 2. The Morgan fingerprint density at radius 3 is 2.50 bits per heavy atom. The van der Waals surface area contributed by atoms with Gasteiger partial charge in [0.1, 0.15) is 0 Å². The minimum Gasteiger partial charge on any atom is -0.559 e. The molecule has 4 aromatic rings. The van der Waals surface area contributed by atoms with E-state index < -0.39 is 0 Å². The second kappa shape index (κ2) is 9.42. The summed E-state index contributed by atoms with van der Waals surface area (Å²) in [5.74, 6) is 0. The first-order chi connectivity index (χ1) is 16.3. The van der Waals surface area contributed by atoms with E-state index in [9.17, 15) is 0 Å². The second-order valence-corrected chi connectivity index (χ2v) is 8.08. The van der Waals surface area contributed by atoms with Crippen LogP contribution in [0.5, 0.6) is 0 Å². The van der Waals surface area contributed by atoms with Gasteiger partial charge in [0, 0.05) is 32.9 Å². The standard InChI is InChI=1S/C29H21N4.Pt/c1-21-16-18-32(31-21)25-15-14-23-13-12-22-7-2-3-11-28(22)33(29(23)20-25)26-9-6-8-24(19-26)27-10-4-5-17-30-27;/h2-18,21H,1H3;/q-3;. The Bertz CT molecular complexity index is 1380. The van der Waals surface area contributed by atoms with E-state index in [0.717, 1.165) is 45.1 Å². The molecule has 3 heterocycles. The molecule has 2 aliphatic rings. The molecule has 0 saturated heterocycles. The summed E-state index contributed by atoms with van der Waals surface area (Å²) in [7, 11) is 0. The minimum atomic E-state index is 0. The van der Waals surface area contributed by atoms with Gasteiger partial charge in [-0.1, -0.05) is 60.8 Å². The van der Waals surface area contributed by atoms with Gasteiger partial charge in [-0.25, -0.2) is 0 Å².